The number of fused-ring (bicyclic) bond motifs is 1. The highest BCUT2D eigenvalue weighted by Gasteiger charge is 2.25. The van der Waals surface area contributed by atoms with Crippen LogP contribution in [0, 0.1) is 0 Å². The molecule has 2 aliphatic heterocycles. The number of nitrogens with two attached hydrogens (primary N) is 1. The largest absolute Gasteiger partial charge is 0.371 e. The summed E-state index contributed by atoms with van der Waals surface area (Å²) < 4.78 is 1.87. The van der Waals surface area contributed by atoms with Crippen molar-refractivity contribution in [2.45, 2.75) is 38.1 Å². The van der Waals surface area contributed by atoms with Crippen LogP contribution in [0.2, 0.25) is 0 Å². The third-order valence-electron chi connectivity index (χ3n) is 7.73. The maximum absolute atomic E-state index is 12.0. The number of piperidine rings is 2. The monoisotopic (exact) mass is 495 g/mol. The van der Waals surface area contributed by atoms with Crippen molar-refractivity contribution in [2.24, 2.45) is 5.73 Å². The normalized spacial score (nSPS) is 17.2. The Bertz CT molecular complexity index is 1380. The van der Waals surface area contributed by atoms with Crippen molar-refractivity contribution < 1.29 is 4.79 Å². The Morgan fingerprint density at radius 1 is 0.919 bits per heavy atom. The molecule has 37 heavy (non-hydrogen) atoms. The van der Waals surface area contributed by atoms with E-state index in [9.17, 15) is 4.79 Å². The summed E-state index contributed by atoms with van der Waals surface area (Å²) in [5, 5.41) is 4.12. The fourth-order valence-corrected chi connectivity index (χ4v) is 5.77. The average molecular weight is 496 g/mol. The summed E-state index contributed by atoms with van der Waals surface area (Å²) >= 11 is 0. The van der Waals surface area contributed by atoms with Crippen LogP contribution in [0.1, 0.15) is 42.5 Å². The molecular formula is C29H33N7O. The smallest absolute Gasteiger partial charge is 0.250 e. The molecule has 2 saturated heterocycles. The molecule has 0 aliphatic carbocycles. The zero-order valence-electron chi connectivity index (χ0n) is 21.0. The molecule has 0 unspecified atom stereocenters. The SMILES string of the molecule is NC(=O)c1cn(-c2ccnc(Nc3ccc(N4CCC(N5CCCCC5)CC4)cc3)n2)c2ccccc12. The minimum atomic E-state index is -0.460. The number of carbonyl (C=O) groups excluding carboxylic acids is 1. The van der Waals surface area contributed by atoms with Gasteiger partial charge in [0.25, 0.3) is 5.91 Å². The summed E-state index contributed by atoms with van der Waals surface area (Å²) in [6.07, 6.45) is 10.0. The molecule has 3 N–H and O–H groups in total. The second-order valence-corrected chi connectivity index (χ2v) is 10.0. The summed E-state index contributed by atoms with van der Waals surface area (Å²) in [6.45, 7) is 4.77. The molecule has 190 valence electrons. The quantitative estimate of drug-likeness (QED) is 0.402. The number of rotatable bonds is 6. The third kappa shape index (κ3) is 4.89. The fraction of sp³-hybridized carbons (Fsp3) is 0.345. The van der Waals surface area contributed by atoms with Gasteiger partial charge in [-0.25, -0.2) is 4.98 Å². The molecule has 0 bridgehead atoms. The van der Waals surface area contributed by atoms with Crippen molar-refractivity contribution in [1.82, 2.24) is 19.4 Å². The first-order valence-corrected chi connectivity index (χ1v) is 13.2. The number of carbonyl (C=O) groups is 1. The van der Waals surface area contributed by atoms with Crippen LogP contribution < -0.4 is 16.0 Å². The first-order valence-electron chi connectivity index (χ1n) is 13.2. The number of para-hydroxylation sites is 1. The molecule has 6 rings (SSSR count). The molecule has 0 spiro atoms. The molecule has 2 fully saturated rings. The van der Waals surface area contributed by atoms with Crippen LogP contribution in [0.4, 0.5) is 17.3 Å². The van der Waals surface area contributed by atoms with E-state index in [0.717, 1.165) is 35.7 Å². The number of amides is 1. The molecule has 0 saturated carbocycles. The van der Waals surface area contributed by atoms with Crippen molar-refractivity contribution in [3.8, 4) is 5.82 Å². The highest BCUT2D eigenvalue weighted by Crippen LogP contribution is 2.27. The third-order valence-corrected chi connectivity index (χ3v) is 7.73. The van der Waals surface area contributed by atoms with Crippen LogP contribution in [0.25, 0.3) is 16.7 Å². The molecule has 1 amide bonds. The van der Waals surface area contributed by atoms with Crippen LogP contribution >= 0.6 is 0 Å². The minimum absolute atomic E-state index is 0.460. The Balaban J connectivity index is 1.14. The first-order chi connectivity index (χ1) is 18.2. The van der Waals surface area contributed by atoms with Crippen molar-refractivity contribution in [3.63, 3.8) is 0 Å². The van der Waals surface area contributed by atoms with Gasteiger partial charge in [-0.15, -0.1) is 0 Å². The van der Waals surface area contributed by atoms with Gasteiger partial charge in [-0.3, -0.25) is 4.79 Å². The molecule has 8 heteroatoms. The van der Waals surface area contributed by atoms with Gasteiger partial charge in [-0.1, -0.05) is 24.6 Å². The van der Waals surface area contributed by atoms with E-state index in [1.54, 1.807) is 12.4 Å². The van der Waals surface area contributed by atoms with Gasteiger partial charge in [-0.2, -0.15) is 4.98 Å². The summed E-state index contributed by atoms with van der Waals surface area (Å²) in [6, 6.07) is 18.7. The molecule has 2 aromatic heterocycles. The summed E-state index contributed by atoms with van der Waals surface area (Å²) in [5.74, 6) is 0.693. The van der Waals surface area contributed by atoms with E-state index in [4.69, 9.17) is 10.7 Å². The maximum atomic E-state index is 12.0. The van der Waals surface area contributed by atoms with Crippen LogP contribution in [0.5, 0.6) is 0 Å². The predicted octanol–water partition coefficient (Wildman–Crippen LogP) is 4.72. The lowest BCUT2D eigenvalue weighted by Crippen LogP contribution is -2.46. The number of likely N-dealkylation sites (tertiary alicyclic amines) is 1. The Labute approximate surface area is 217 Å². The topological polar surface area (TPSA) is 92.3 Å². The highest BCUT2D eigenvalue weighted by atomic mass is 16.1. The number of anilines is 3. The van der Waals surface area contributed by atoms with Crippen molar-refractivity contribution >= 4 is 34.1 Å². The average Bonchev–Trinajstić information content (AvgIpc) is 3.35. The highest BCUT2D eigenvalue weighted by molar-refractivity contribution is 6.06. The molecule has 0 atom stereocenters. The van der Waals surface area contributed by atoms with Crippen LogP contribution in [-0.4, -0.2) is 57.6 Å². The van der Waals surface area contributed by atoms with Gasteiger partial charge in [0.2, 0.25) is 5.95 Å². The van der Waals surface area contributed by atoms with E-state index in [-0.39, 0.29) is 0 Å². The van der Waals surface area contributed by atoms with E-state index in [1.165, 1.54) is 50.9 Å². The second kappa shape index (κ2) is 10.2. The van der Waals surface area contributed by atoms with Gasteiger partial charge in [0.1, 0.15) is 5.82 Å². The fourth-order valence-electron chi connectivity index (χ4n) is 5.77. The second-order valence-electron chi connectivity index (χ2n) is 10.0. The van der Waals surface area contributed by atoms with E-state index in [2.05, 4.69) is 44.4 Å². The molecule has 8 nitrogen and oxygen atoms in total. The van der Waals surface area contributed by atoms with Crippen LogP contribution in [0.15, 0.2) is 67.0 Å². The number of hydrogen-bond acceptors (Lipinski definition) is 6. The lowest BCUT2D eigenvalue weighted by Gasteiger charge is -2.41. The van der Waals surface area contributed by atoms with Crippen LogP contribution in [-0.2, 0) is 0 Å². The molecule has 2 aliphatic rings. The van der Waals surface area contributed by atoms with Gasteiger partial charge in [0.05, 0.1) is 11.1 Å². The molecular weight excluding hydrogens is 462 g/mol. The van der Waals surface area contributed by atoms with Gasteiger partial charge in [-0.05, 0) is 75.2 Å². The van der Waals surface area contributed by atoms with Crippen LogP contribution in [0.3, 0.4) is 0 Å². The predicted molar refractivity (Wildman–Crippen MR) is 148 cm³/mol. The summed E-state index contributed by atoms with van der Waals surface area (Å²) in [7, 11) is 0. The van der Waals surface area contributed by atoms with Crippen molar-refractivity contribution in [1.29, 1.82) is 0 Å². The van der Waals surface area contributed by atoms with Gasteiger partial charge < -0.3 is 25.4 Å². The van der Waals surface area contributed by atoms with Gasteiger partial charge in [0.15, 0.2) is 0 Å². The summed E-state index contributed by atoms with van der Waals surface area (Å²) in [5.41, 5.74) is 9.14. The van der Waals surface area contributed by atoms with Crippen molar-refractivity contribution in [3.05, 3.63) is 72.6 Å². The molecule has 2 aromatic carbocycles. The first kappa shape index (κ1) is 23.5. The van der Waals surface area contributed by atoms with E-state index >= 15 is 0 Å². The molecule has 4 heterocycles. The molecule has 4 aromatic rings. The number of benzene rings is 2. The summed E-state index contributed by atoms with van der Waals surface area (Å²) in [4.78, 5) is 26.3. The number of nitrogens with zero attached hydrogens (tertiary/aromatic N) is 5. The Kier molecular flexibility index (Phi) is 6.49. The van der Waals surface area contributed by atoms with Crippen molar-refractivity contribution in [2.75, 3.05) is 36.4 Å². The standard InChI is InChI=1S/C29H33N7O/c30-28(37)25-20-36(26-7-3-2-6-24(25)26)27-12-15-31-29(33-27)32-21-8-10-22(11-9-21)35-18-13-23(14-19-35)34-16-4-1-5-17-34/h2-3,6-12,15,20,23H,1,4-5,13-14,16-19H2,(H2,30,37)(H,31,32,33). The van der Waals surface area contributed by atoms with E-state index < -0.39 is 5.91 Å². The Morgan fingerprint density at radius 2 is 1.68 bits per heavy atom. The number of primary amides is 1. The number of aromatic nitrogens is 3. The number of nitrogens with one attached hydrogen (secondary N) is 1. The lowest BCUT2D eigenvalue weighted by molar-refractivity contribution is 0.100. The lowest BCUT2D eigenvalue weighted by atomic mass is 9.99. The number of hydrogen-bond donors (Lipinski definition) is 2. The van der Waals surface area contributed by atoms with Gasteiger partial charge >= 0.3 is 0 Å². The maximum Gasteiger partial charge on any atom is 0.250 e. The minimum Gasteiger partial charge on any atom is -0.371 e. The Hall–Kier alpha value is -3.91. The zero-order valence-corrected chi connectivity index (χ0v) is 21.0. The van der Waals surface area contributed by atoms with E-state index in [0.29, 0.717) is 17.3 Å². The Morgan fingerprint density at radius 3 is 2.43 bits per heavy atom. The molecule has 0 radical (unpaired) electrons. The van der Waals surface area contributed by atoms with Gasteiger partial charge in [0, 0.05) is 48.3 Å². The zero-order chi connectivity index (χ0) is 25.2. The van der Waals surface area contributed by atoms with E-state index in [1.807, 2.05) is 34.9 Å².